The lowest BCUT2D eigenvalue weighted by atomic mass is 10.1. The van der Waals surface area contributed by atoms with E-state index in [1.54, 1.807) is 19.2 Å². The first kappa shape index (κ1) is 20.0. The highest BCUT2D eigenvalue weighted by molar-refractivity contribution is 5.52. The Kier molecular flexibility index (Phi) is 7.27. The number of nitrogens with zero attached hydrogens (tertiary/aromatic N) is 2. The van der Waals surface area contributed by atoms with Crippen LogP contribution in [0.15, 0.2) is 42.5 Å². The smallest absolute Gasteiger partial charge is 0.165 e. The first-order valence-electron chi connectivity index (χ1n) is 8.87. The Balaban J connectivity index is 2.12. The number of halogens is 1. The lowest BCUT2D eigenvalue weighted by Crippen LogP contribution is -2.30. The standard InChI is InChI=1S/C21H29FN2O2/c1-16(2)24(18-7-6-8-19(14-18)25-5)15-17-9-10-21(20(22)13-17)26-12-11-23(3)4/h6-10,13-14,16H,11-12,15H2,1-5H3. The van der Waals surface area contributed by atoms with Crippen molar-refractivity contribution in [3.05, 3.63) is 53.8 Å². The fourth-order valence-electron chi connectivity index (χ4n) is 2.66. The molecule has 0 saturated carbocycles. The molecule has 0 atom stereocenters. The normalized spacial score (nSPS) is 11.1. The van der Waals surface area contributed by atoms with Crippen LogP contribution in [0, 0.1) is 5.82 Å². The van der Waals surface area contributed by atoms with Crippen molar-refractivity contribution in [3.63, 3.8) is 0 Å². The van der Waals surface area contributed by atoms with Gasteiger partial charge in [-0.15, -0.1) is 0 Å². The van der Waals surface area contributed by atoms with Crippen LogP contribution >= 0.6 is 0 Å². The molecule has 0 unspecified atom stereocenters. The van der Waals surface area contributed by atoms with Crippen LogP contribution < -0.4 is 14.4 Å². The van der Waals surface area contributed by atoms with E-state index in [0.29, 0.717) is 18.9 Å². The third-order valence-corrected chi connectivity index (χ3v) is 4.15. The number of hydrogen-bond donors (Lipinski definition) is 0. The molecule has 0 heterocycles. The summed E-state index contributed by atoms with van der Waals surface area (Å²) >= 11 is 0. The molecule has 0 saturated heterocycles. The molecule has 4 nitrogen and oxygen atoms in total. The van der Waals surface area contributed by atoms with E-state index in [-0.39, 0.29) is 11.9 Å². The zero-order valence-corrected chi connectivity index (χ0v) is 16.3. The highest BCUT2D eigenvalue weighted by Crippen LogP contribution is 2.26. The molecule has 0 bridgehead atoms. The Morgan fingerprint density at radius 2 is 1.85 bits per heavy atom. The minimum Gasteiger partial charge on any atom is -0.497 e. The molecule has 0 spiro atoms. The van der Waals surface area contributed by atoms with Gasteiger partial charge in [0, 0.05) is 30.9 Å². The number of likely N-dealkylation sites (N-methyl/N-ethyl adjacent to an activating group) is 1. The van der Waals surface area contributed by atoms with Crippen molar-refractivity contribution in [2.24, 2.45) is 0 Å². The van der Waals surface area contributed by atoms with Gasteiger partial charge < -0.3 is 19.3 Å². The highest BCUT2D eigenvalue weighted by atomic mass is 19.1. The molecular formula is C21H29FN2O2. The maximum Gasteiger partial charge on any atom is 0.165 e. The average Bonchev–Trinajstić information content (AvgIpc) is 2.61. The van der Waals surface area contributed by atoms with E-state index >= 15 is 0 Å². The molecule has 0 aliphatic heterocycles. The molecule has 0 aliphatic carbocycles. The van der Waals surface area contributed by atoms with Crippen molar-refractivity contribution < 1.29 is 13.9 Å². The second-order valence-electron chi connectivity index (χ2n) is 6.84. The van der Waals surface area contributed by atoms with Crippen LogP contribution in [0.25, 0.3) is 0 Å². The van der Waals surface area contributed by atoms with Crippen LogP contribution in [0.5, 0.6) is 11.5 Å². The molecular weight excluding hydrogens is 331 g/mol. The van der Waals surface area contributed by atoms with Crippen molar-refractivity contribution in [1.82, 2.24) is 4.90 Å². The molecule has 0 amide bonds. The highest BCUT2D eigenvalue weighted by Gasteiger charge is 2.14. The van der Waals surface area contributed by atoms with Gasteiger partial charge in [0.15, 0.2) is 11.6 Å². The van der Waals surface area contributed by atoms with Crippen molar-refractivity contribution in [1.29, 1.82) is 0 Å². The Morgan fingerprint density at radius 3 is 2.46 bits per heavy atom. The maximum atomic E-state index is 14.4. The number of anilines is 1. The van der Waals surface area contributed by atoms with E-state index in [1.165, 1.54) is 0 Å². The molecule has 2 aromatic rings. The quantitative estimate of drug-likeness (QED) is 0.669. The number of hydrogen-bond acceptors (Lipinski definition) is 4. The van der Waals surface area contributed by atoms with Crippen LogP contribution in [-0.4, -0.2) is 45.3 Å². The van der Waals surface area contributed by atoms with E-state index in [0.717, 1.165) is 23.5 Å². The SMILES string of the molecule is COc1cccc(N(Cc2ccc(OCCN(C)C)c(F)c2)C(C)C)c1. The Labute approximate surface area is 156 Å². The van der Waals surface area contributed by atoms with Crippen molar-refractivity contribution >= 4 is 5.69 Å². The summed E-state index contributed by atoms with van der Waals surface area (Å²) in [5, 5.41) is 0. The van der Waals surface area contributed by atoms with E-state index in [4.69, 9.17) is 9.47 Å². The second-order valence-corrected chi connectivity index (χ2v) is 6.84. The van der Waals surface area contributed by atoms with Crippen LogP contribution in [0.1, 0.15) is 19.4 Å². The van der Waals surface area contributed by atoms with Crippen molar-refractivity contribution in [3.8, 4) is 11.5 Å². The van der Waals surface area contributed by atoms with Gasteiger partial charge in [-0.2, -0.15) is 0 Å². The summed E-state index contributed by atoms with van der Waals surface area (Å²) in [5.74, 6) is 0.785. The monoisotopic (exact) mass is 360 g/mol. The van der Waals surface area contributed by atoms with E-state index in [1.807, 2.05) is 49.3 Å². The Hall–Kier alpha value is -2.27. The zero-order valence-electron chi connectivity index (χ0n) is 16.3. The molecule has 5 heteroatoms. The number of rotatable bonds is 9. The summed E-state index contributed by atoms with van der Waals surface area (Å²) in [5.41, 5.74) is 1.95. The van der Waals surface area contributed by atoms with Gasteiger partial charge in [0.25, 0.3) is 0 Å². The van der Waals surface area contributed by atoms with Gasteiger partial charge >= 0.3 is 0 Å². The van der Waals surface area contributed by atoms with E-state index < -0.39 is 0 Å². The summed E-state index contributed by atoms with van der Waals surface area (Å²) in [6.45, 7) is 6.06. The van der Waals surface area contributed by atoms with Crippen LogP contribution in [0.3, 0.4) is 0 Å². The fraction of sp³-hybridized carbons (Fsp3) is 0.429. The molecule has 26 heavy (non-hydrogen) atoms. The first-order chi connectivity index (χ1) is 12.4. The third kappa shape index (κ3) is 5.63. The van der Waals surface area contributed by atoms with Crippen LogP contribution in [-0.2, 0) is 6.54 Å². The molecule has 0 aromatic heterocycles. The van der Waals surface area contributed by atoms with E-state index in [9.17, 15) is 4.39 Å². The molecule has 142 valence electrons. The Bertz CT molecular complexity index is 704. The van der Waals surface area contributed by atoms with Crippen LogP contribution in [0.4, 0.5) is 10.1 Å². The number of methoxy groups -OCH3 is 1. The summed E-state index contributed by atoms with van der Waals surface area (Å²) in [4.78, 5) is 4.21. The third-order valence-electron chi connectivity index (χ3n) is 4.15. The van der Waals surface area contributed by atoms with E-state index in [2.05, 4.69) is 18.7 Å². The average molecular weight is 360 g/mol. The van der Waals surface area contributed by atoms with Gasteiger partial charge in [-0.1, -0.05) is 12.1 Å². The molecule has 2 rings (SSSR count). The van der Waals surface area contributed by atoms with Gasteiger partial charge in [-0.25, -0.2) is 4.39 Å². The van der Waals surface area contributed by atoms with Gasteiger partial charge in [0.05, 0.1) is 7.11 Å². The lowest BCUT2D eigenvalue weighted by Gasteiger charge is -2.29. The van der Waals surface area contributed by atoms with Crippen LogP contribution in [0.2, 0.25) is 0 Å². The second kappa shape index (κ2) is 9.43. The summed E-state index contributed by atoms with van der Waals surface area (Å²) in [6, 6.07) is 13.4. The van der Waals surface area contributed by atoms with Gasteiger partial charge in [-0.3, -0.25) is 0 Å². The lowest BCUT2D eigenvalue weighted by molar-refractivity contribution is 0.252. The fourth-order valence-corrected chi connectivity index (χ4v) is 2.66. The Morgan fingerprint density at radius 1 is 1.08 bits per heavy atom. The largest absolute Gasteiger partial charge is 0.497 e. The molecule has 0 aliphatic rings. The molecule has 0 N–H and O–H groups in total. The number of benzene rings is 2. The predicted molar refractivity (Wildman–Crippen MR) is 105 cm³/mol. The predicted octanol–water partition coefficient (Wildman–Crippen LogP) is 4.19. The zero-order chi connectivity index (χ0) is 19.1. The summed E-state index contributed by atoms with van der Waals surface area (Å²) in [7, 11) is 5.58. The maximum absolute atomic E-state index is 14.4. The first-order valence-corrected chi connectivity index (χ1v) is 8.87. The number of ether oxygens (including phenoxy) is 2. The summed E-state index contributed by atoms with van der Waals surface area (Å²) < 4.78 is 25.2. The minimum atomic E-state index is -0.324. The topological polar surface area (TPSA) is 24.9 Å². The van der Waals surface area contributed by atoms with Crippen molar-refractivity contribution in [2.75, 3.05) is 39.3 Å². The minimum absolute atomic E-state index is 0.265. The van der Waals surface area contributed by atoms with Gasteiger partial charge in [-0.05, 0) is 57.8 Å². The van der Waals surface area contributed by atoms with Gasteiger partial charge in [0.2, 0.25) is 0 Å². The molecule has 2 aromatic carbocycles. The molecule has 0 fully saturated rings. The molecule has 0 radical (unpaired) electrons. The summed E-state index contributed by atoms with van der Waals surface area (Å²) in [6.07, 6.45) is 0. The van der Waals surface area contributed by atoms with Crippen molar-refractivity contribution in [2.45, 2.75) is 26.4 Å². The van der Waals surface area contributed by atoms with Gasteiger partial charge in [0.1, 0.15) is 12.4 Å².